The summed E-state index contributed by atoms with van der Waals surface area (Å²) in [7, 11) is -3.04. The van der Waals surface area contributed by atoms with E-state index in [1.165, 1.54) is 0 Å². The average molecular weight is 375 g/mol. The first kappa shape index (κ1) is 18.6. The summed E-state index contributed by atoms with van der Waals surface area (Å²) >= 11 is 0. The Hall–Kier alpha value is -2.15. The second-order valence-corrected chi connectivity index (χ2v) is 9.12. The van der Waals surface area contributed by atoms with Crippen LogP contribution < -0.4 is 5.32 Å². The van der Waals surface area contributed by atoms with Crippen LogP contribution in [0.1, 0.15) is 48.3 Å². The normalized spacial score (nSPS) is 18.8. The molecule has 0 bridgehead atoms. The van der Waals surface area contributed by atoms with Crippen molar-refractivity contribution in [1.82, 2.24) is 15.1 Å². The molecule has 1 atom stereocenters. The first-order chi connectivity index (χ1) is 12.4. The minimum atomic E-state index is -3.04. The maximum atomic E-state index is 12.4. The number of nitrogens with zero attached hydrogens (tertiary/aromatic N) is 2. The van der Waals surface area contributed by atoms with Crippen LogP contribution in [0.5, 0.6) is 0 Å². The van der Waals surface area contributed by atoms with Crippen molar-refractivity contribution in [3.63, 3.8) is 0 Å². The number of aryl methyl sites for hydroxylation is 1. The molecule has 1 aliphatic heterocycles. The summed E-state index contributed by atoms with van der Waals surface area (Å²) in [4.78, 5) is 12.4. The number of benzene rings is 1. The molecule has 2 heterocycles. The molecule has 1 unspecified atom stereocenters. The van der Waals surface area contributed by atoms with E-state index in [0.29, 0.717) is 18.7 Å². The van der Waals surface area contributed by atoms with Gasteiger partial charge in [-0.05, 0) is 31.4 Å². The fourth-order valence-corrected chi connectivity index (χ4v) is 4.85. The summed E-state index contributed by atoms with van der Waals surface area (Å²) in [5, 5.41) is 7.35. The molecule has 1 amide bonds. The smallest absolute Gasteiger partial charge is 0.271 e. The first-order valence-electron chi connectivity index (χ1n) is 9.05. The molecule has 0 aliphatic carbocycles. The SMILES string of the molecule is CCCCNC(=O)c1cc(-c2ccc(C)cc2)n(C2CCS(=O)(=O)C2)n1. The highest BCUT2D eigenvalue weighted by Gasteiger charge is 2.32. The minimum absolute atomic E-state index is 0.0738. The van der Waals surface area contributed by atoms with Crippen LogP contribution in [-0.2, 0) is 9.84 Å². The number of hydrogen-bond donors (Lipinski definition) is 1. The molecule has 140 valence electrons. The van der Waals surface area contributed by atoms with Crippen LogP contribution in [0.15, 0.2) is 30.3 Å². The van der Waals surface area contributed by atoms with Crippen LogP contribution in [-0.4, -0.2) is 42.2 Å². The second kappa shape index (κ2) is 7.61. The van der Waals surface area contributed by atoms with E-state index in [-0.39, 0.29) is 23.5 Å². The summed E-state index contributed by atoms with van der Waals surface area (Å²) in [6.45, 7) is 4.69. The molecule has 0 radical (unpaired) electrons. The molecule has 1 aliphatic rings. The van der Waals surface area contributed by atoms with E-state index in [0.717, 1.165) is 29.7 Å². The number of rotatable bonds is 6. The summed E-state index contributed by atoms with van der Waals surface area (Å²) in [5.41, 5.74) is 3.19. The van der Waals surface area contributed by atoms with Crippen LogP contribution in [0.3, 0.4) is 0 Å². The predicted molar refractivity (Wildman–Crippen MR) is 102 cm³/mol. The fourth-order valence-electron chi connectivity index (χ4n) is 3.16. The van der Waals surface area contributed by atoms with Gasteiger partial charge in [0.2, 0.25) is 0 Å². The number of sulfone groups is 1. The van der Waals surface area contributed by atoms with Gasteiger partial charge in [0.15, 0.2) is 15.5 Å². The molecule has 0 spiro atoms. The quantitative estimate of drug-likeness (QED) is 0.787. The van der Waals surface area contributed by atoms with E-state index >= 15 is 0 Å². The lowest BCUT2D eigenvalue weighted by Gasteiger charge is -2.13. The molecule has 3 rings (SSSR count). The predicted octanol–water partition coefficient (Wildman–Crippen LogP) is 2.75. The van der Waals surface area contributed by atoms with Crippen molar-refractivity contribution in [3.05, 3.63) is 41.6 Å². The van der Waals surface area contributed by atoms with Crippen molar-refractivity contribution < 1.29 is 13.2 Å². The van der Waals surface area contributed by atoms with Crippen molar-refractivity contribution in [2.24, 2.45) is 0 Å². The Morgan fingerprint density at radius 2 is 2.04 bits per heavy atom. The molecule has 26 heavy (non-hydrogen) atoms. The standard InChI is InChI=1S/C19H25N3O3S/c1-3-4-10-20-19(23)17-12-18(15-7-5-14(2)6-8-15)22(21-17)16-9-11-26(24,25)13-16/h5-8,12,16H,3-4,9-11,13H2,1-2H3,(H,20,23). The highest BCUT2D eigenvalue weighted by Crippen LogP contribution is 2.30. The lowest BCUT2D eigenvalue weighted by Crippen LogP contribution is -2.25. The Kier molecular flexibility index (Phi) is 5.46. The Balaban J connectivity index is 1.95. The molecule has 1 fully saturated rings. The topological polar surface area (TPSA) is 81.1 Å². The summed E-state index contributed by atoms with van der Waals surface area (Å²) < 4.78 is 25.5. The van der Waals surface area contributed by atoms with Crippen LogP contribution >= 0.6 is 0 Å². The van der Waals surface area contributed by atoms with Gasteiger partial charge in [-0.3, -0.25) is 9.48 Å². The van der Waals surface area contributed by atoms with E-state index < -0.39 is 9.84 Å². The number of carbonyl (C=O) groups excluding carboxylic acids is 1. The number of carbonyl (C=O) groups is 1. The van der Waals surface area contributed by atoms with E-state index in [9.17, 15) is 13.2 Å². The van der Waals surface area contributed by atoms with E-state index in [1.807, 2.05) is 31.2 Å². The number of hydrogen-bond acceptors (Lipinski definition) is 4. The van der Waals surface area contributed by atoms with E-state index in [1.54, 1.807) is 10.7 Å². The second-order valence-electron chi connectivity index (χ2n) is 6.89. The molecular weight excluding hydrogens is 350 g/mol. The molecule has 6 nitrogen and oxygen atoms in total. The van der Waals surface area contributed by atoms with Crippen molar-refractivity contribution in [1.29, 1.82) is 0 Å². The molecule has 2 aromatic rings. The molecule has 1 aromatic carbocycles. The monoisotopic (exact) mass is 375 g/mol. The van der Waals surface area contributed by atoms with Crippen LogP contribution in [0.4, 0.5) is 0 Å². The van der Waals surface area contributed by atoms with Crippen molar-refractivity contribution in [2.45, 2.75) is 39.2 Å². The molecule has 7 heteroatoms. The van der Waals surface area contributed by atoms with E-state index in [4.69, 9.17) is 0 Å². The zero-order valence-electron chi connectivity index (χ0n) is 15.2. The first-order valence-corrected chi connectivity index (χ1v) is 10.9. The minimum Gasteiger partial charge on any atom is -0.351 e. The summed E-state index contributed by atoms with van der Waals surface area (Å²) in [5.74, 6) is 0.0271. The maximum absolute atomic E-state index is 12.4. The zero-order valence-corrected chi connectivity index (χ0v) is 16.1. The van der Waals surface area contributed by atoms with Gasteiger partial charge in [-0.1, -0.05) is 43.2 Å². The number of amides is 1. The van der Waals surface area contributed by atoms with Crippen molar-refractivity contribution in [3.8, 4) is 11.3 Å². The van der Waals surface area contributed by atoms with Gasteiger partial charge in [-0.25, -0.2) is 8.42 Å². The van der Waals surface area contributed by atoms with Gasteiger partial charge in [0.05, 0.1) is 23.2 Å². The molecule has 0 saturated carbocycles. The van der Waals surface area contributed by atoms with Gasteiger partial charge in [0.1, 0.15) is 0 Å². The van der Waals surface area contributed by atoms with Crippen LogP contribution in [0.2, 0.25) is 0 Å². The van der Waals surface area contributed by atoms with Crippen molar-refractivity contribution >= 4 is 15.7 Å². The van der Waals surface area contributed by atoms with Gasteiger partial charge in [-0.15, -0.1) is 0 Å². The largest absolute Gasteiger partial charge is 0.351 e. The molecule has 1 aromatic heterocycles. The van der Waals surface area contributed by atoms with Gasteiger partial charge in [0.25, 0.3) is 5.91 Å². The third kappa shape index (κ3) is 4.15. The van der Waals surface area contributed by atoms with Gasteiger partial charge < -0.3 is 5.32 Å². The summed E-state index contributed by atoms with van der Waals surface area (Å²) in [6.07, 6.45) is 2.45. The van der Waals surface area contributed by atoms with Crippen LogP contribution in [0.25, 0.3) is 11.3 Å². The average Bonchev–Trinajstić information content (AvgIpc) is 3.19. The van der Waals surface area contributed by atoms with E-state index in [2.05, 4.69) is 17.3 Å². The lowest BCUT2D eigenvalue weighted by atomic mass is 10.1. The van der Waals surface area contributed by atoms with Gasteiger partial charge in [-0.2, -0.15) is 5.10 Å². The van der Waals surface area contributed by atoms with Crippen molar-refractivity contribution in [2.75, 3.05) is 18.1 Å². The Bertz CT molecular complexity index is 885. The molecular formula is C19H25N3O3S. The maximum Gasteiger partial charge on any atom is 0.271 e. The Morgan fingerprint density at radius 3 is 2.65 bits per heavy atom. The highest BCUT2D eigenvalue weighted by molar-refractivity contribution is 7.91. The van der Waals surface area contributed by atoms with Gasteiger partial charge in [0, 0.05) is 6.54 Å². The number of aromatic nitrogens is 2. The Labute approximate surface area is 154 Å². The van der Waals surface area contributed by atoms with Gasteiger partial charge >= 0.3 is 0 Å². The summed E-state index contributed by atoms with van der Waals surface area (Å²) in [6, 6.07) is 9.49. The molecule has 1 saturated heterocycles. The lowest BCUT2D eigenvalue weighted by molar-refractivity contribution is 0.0947. The molecule has 1 N–H and O–H groups in total. The highest BCUT2D eigenvalue weighted by atomic mass is 32.2. The third-order valence-corrected chi connectivity index (χ3v) is 6.44. The number of nitrogens with one attached hydrogen (secondary N) is 1. The number of unbranched alkanes of at least 4 members (excludes halogenated alkanes) is 1. The third-order valence-electron chi connectivity index (χ3n) is 4.69. The van der Waals surface area contributed by atoms with Crippen LogP contribution in [0, 0.1) is 6.92 Å². The zero-order chi connectivity index (χ0) is 18.7. The fraction of sp³-hybridized carbons (Fsp3) is 0.474. The Morgan fingerprint density at radius 1 is 1.31 bits per heavy atom.